The largest absolute Gasteiger partial charge is 0.459 e. The van der Waals surface area contributed by atoms with Crippen LogP contribution in [0.15, 0.2) is 24.3 Å². The summed E-state index contributed by atoms with van der Waals surface area (Å²) in [5.41, 5.74) is 2.16. The molecule has 80 heavy (non-hydrogen) atoms. The molecule has 19 heteroatoms. The molecule has 32 atom stereocenters. The first kappa shape index (κ1) is 54.9. The zero-order chi connectivity index (χ0) is 54.7. The minimum Gasteiger partial charge on any atom is -0.459 e. The van der Waals surface area contributed by atoms with Gasteiger partial charge in [0.15, 0.2) is 17.4 Å². The summed E-state index contributed by atoms with van der Waals surface area (Å²) in [5, 5.41) is 20.3. The van der Waals surface area contributed by atoms with E-state index in [0.717, 1.165) is 43.3 Å². The Morgan fingerprint density at radius 2 is 1.23 bits per heavy atom. The van der Waals surface area contributed by atoms with Crippen molar-refractivity contribution < 1.29 is 90.8 Å². The van der Waals surface area contributed by atoms with Gasteiger partial charge in [-0.05, 0) is 73.8 Å². The molecule has 16 aliphatic heterocycles. The number of esters is 1. The first-order chi connectivity index (χ1) is 38.5. The molecule has 0 aromatic carbocycles. The van der Waals surface area contributed by atoms with E-state index < -0.39 is 54.0 Å². The second kappa shape index (κ2) is 20.7. The van der Waals surface area contributed by atoms with Crippen molar-refractivity contribution in [1.82, 2.24) is 0 Å². The van der Waals surface area contributed by atoms with Crippen LogP contribution in [0.5, 0.6) is 0 Å². The maximum atomic E-state index is 14.6. The van der Waals surface area contributed by atoms with Gasteiger partial charge < -0.3 is 86.0 Å². The van der Waals surface area contributed by atoms with Gasteiger partial charge in [-0.25, -0.2) is 0 Å². The molecule has 3 spiro atoms. The Morgan fingerprint density at radius 1 is 0.550 bits per heavy atom. The highest BCUT2D eigenvalue weighted by Gasteiger charge is 2.67. The first-order valence-electron chi connectivity index (χ1n) is 31.2. The average molecular weight is 1130 g/mol. The van der Waals surface area contributed by atoms with Crippen LogP contribution in [0.1, 0.15) is 137 Å². The molecule has 16 saturated heterocycles. The molecule has 19 nitrogen and oxygen atoms in total. The molecule has 0 aromatic heterocycles. The molecule has 10 bridgehead atoms. The van der Waals surface area contributed by atoms with Gasteiger partial charge in [0.2, 0.25) is 0 Å². The van der Waals surface area contributed by atoms with Crippen LogP contribution in [0.2, 0.25) is 0 Å². The van der Waals surface area contributed by atoms with Crippen molar-refractivity contribution in [3.8, 4) is 0 Å². The van der Waals surface area contributed by atoms with Crippen molar-refractivity contribution in [1.29, 1.82) is 0 Å². The predicted octanol–water partition coefficient (Wildman–Crippen LogP) is 5.44. The van der Waals surface area contributed by atoms with E-state index in [4.69, 9.17) is 75.8 Å². The van der Waals surface area contributed by atoms with Gasteiger partial charge in [-0.2, -0.15) is 0 Å². The number of fused-ring (bicyclic) bond motifs is 11. The predicted molar refractivity (Wildman–Crippen MR) is 278 cm³/mol. The van der Waals surface area contributed by atoms with Crippen molar-refractivity contribution in [3.63, 3.8) is 0 Å². The van der Waals surface area contributed by atoms with Gasteiger partial charge in [0.1, 0.15) is 30.5 Å². The van der Waals surface area contributed by atoms with Gasteiger partial charge in [0.05, 0.1) is 136 Å². The summed E-state index contributed by atoms with van der Waals surface area (Å²) in [4.78, 5) is 14.6. The molecule has 446 valence electrons. The smallest absolute Gasteiger partial charge is 0.308 e. The highest BCUT2D eigenvalue weighted by molar-refractivity contribution is 5.70. The van der Waals surface area contributed by atoms with Crippen LogP contribution in [0.4, 0.5) is 0 Å². The fourth-order valence-electron chi connectivity index (χ4n) is 18.4. The summed E-state index contributed by atoms with van der Waals surface area (Å²) in [6.45, 7) is 17.9. The summed E-state index contributed by atoms with van der Waals surface area (Å²) >= 11 is 0. The number of rotatable bonds is 3. The lowest BCUT2D eigenvalue weighted by molar-refractivity contribution is -0.370. The van der Waals surface area contributed by atoms with Crippen LogP contribution in [-0.4, -0.2) is 200 Å². The molecule has 2 N–H and O–H groups in total. The molecule has 16 heterocycles. The van der Waals surface area contributed by atoms with Gasteiger partial charge in [-0.3, -0.25) is 4.79 Å². The summed E-state index contributed by atoms with van der Waals surface area (Å²) in [6, 6.07) is 0. The van der Waals surface area contributed by atoms with E-state index in [1.165, 1.54) is 0 Å². The number of aliphatic hydroxyl groups is 2. The molecule has 16 aliphatic rings. The third kappa shape index (κ3) is 9.41. The van der Waals surface area contributed by atoms with E-state index in [9.17, 15) is 15.0 Å². The summed E-state index contributed by atoms with van der Waals surface area (Å²) in [6.07, 6.45) is 3.69. The maximum absolute atomic E-state index is 14.6. The molecule has 16 fully saturated rings. The number of methoxy groups -OCH3 is 1. The number of hydrogen-bond acceptors (Lipinski definition) is 19. The fourth-order valence-corrected chi connectivity index (χ4v) is 18.4. The van der Waals surface area contributed by atoms with Crippen LogP contribution in [0, 0.1) is 29.6 Å². The number of carbonyl (C=O) groups excluding carboxylic acids is 1. The Morgan fingerprint density at radius 3 is 2.05 bits per heavy atom. The van der Waals surface area contributed by atoms with Crippen LogP contribution >= 0.6 is 0 Å². The van der Waals surface area contributed by atoms with Gasteiger partial charge in [-0.15, -0.1) is 0 Å². The quantitative estimate of drug-likeness (QED) is 0.267. The SMILES string of the molecule is C=C1C[C@@H]2CC[C@]34CC(O3)[C@@H]3O[C@H]5CC[C@H](CC(=O)O[C@@H]6[C@@H](C)[C@@H]7O[C@@H]8C[C@@]9(C[C@@H]%10O[C@]%11(C[C@H](C)[C@@H]%12O[C@@H]%13[C@@H]([C@@H](O)CO)CO[C@@H]%13C[C@@H]%12O%11)C[C@H](C)[C@@H]%10O9)O[C@@H]8C[C@@H]7O[C@H]6C[C@H]6O[C@@H](CC[C@@H]1O2)C[C@@H](C)C6=C)O[C@@H]5[C@H](O4)[C@@H]3OC. The normalized spacial score (nSPS) is 57.5. The lowest BCUT2D eigenvalue weighted by atomic mass is 9.77. The van der Waals surface area contributed by atoms with E-state index in [-0.39, 0.29) is 158 Å². The monoisotopic (exact) mass is 1120 g/mol. The Kier molecular flexibility index (Phi) is 14.2. The summed E-state index contributed by atoms with van der Waals surface area (Å²) in [7, 11) is 1.70. The van der Waals surface area contributed by atoms with E-state index in [1.54, 1.807) is 7.11 Å². The molecular weight excluding hydrogens is 1040 g/mol. The standard InChI is InChI=1S/C61H88O19/c1-27-14-33-8-10-38-28(2)15-35(67-38)12-13-59-23-48(77-59)56-57(65-7)58(80-59)55-39(71-56)11-9-34(69-55)16-49(64)73-53-32(6)52-44(70-43(53)17-40(68-33)31(27)5)18-41-46(72-52)22-61(75-41)24-47-51(79-61)30(4)21-60(78-47)20-29(3)50-45(76-60)19-42-54(74-50)36(26-66-42)37(63)25-62/h27,29-30,32-48,50-58,62-63H,2,5,8-26H2,1,3-4,6-7H3/t27-,29+,30+,32+,33+,34-,35+,36-,37+,38+,39+,40-,41-,42-,43+,44+,45+,46-,47+,48?,50+,51+,52+,53-,54-,55+,56+,57-,58+,59+,60-,61-/m1/s1. The van der Waals surface area contributed by atoms with Gasteiger partial charge in [-0.1, -0.05) is 40.9 Å². The third-order valence-corrected chi connectivity index (χ3v) is 22.4. The van der Waals surface area contributed by atoms with Gasteiger partial charge >= 0.3 is 5.97 Å². The molecule has 1 unspecified atom stereocenters. The van der Waals surface area contributed by atoms with E-state index >= 15 is 0 Å². The van der Waals surface area contributed by atoms with Gasteiger partial charge in [0, 0.05) is 76.7 Å². The zero-order valence-corrected chi connectivity index (χ0v) is 47.4. The lowest BCUT2D eigenvalue weighted by Crippen LogP contribution is -2.63. The lowest BCUT2D eigenvalue weighted by Gasteiger charge is -2.54. The van der Waals surface area contributed by atoms with E-state index in [2.05, 4.69) is 40.9 Å². The molecule has 16 rings (SSSR count). The molecule has 0 amide bonds. The number of ether oxygens (including phenoxy) is 16. The van der Waals surface area contributed by atoms with Crippen LogP contribution in [0.25, 0.3) is 0 Å². The minimum absolute atomic E-state index is 0.0152. The number of aliphatic hydroxyl groups excluding tert-OH is 2. The van der Waals surface area contributed by atoms with E-state index in [1.807, 2.05) is 0 Å². The summed E-state index contributed by atoms with van der Waals surface area (Å²) in [5.74, 6) is -2.89. The van der Waals surface area contributed by atoms with Crippen molar-refractivity contribution in [2.24, 2.45) is 29.6 Å². The Bertz CT molecular complexity index is 2350. The number of carbonyl (C=O) groups is 1. The van der Waals surface area contributed by atoms with Crippen molar-refractivity contribution in [3.05, 3.63) is 24.3 Å². The van der Waals surface area contributed by atoms with Gasteiger partial charge in [0.25, 0.3) is 0 Å². The molecule has 0 radical (unpaired) electrons. The van der Waals surface area contributed by atoms with E-state index in [0.29, 0.717) is 77.2 Å². The highest BCUT2D eigenvalue weighted by atomic mass is 16.8. The summed E-state index contributed by atoms with van der Waals surface area (Å²) < 4.78 is 109. The van der Waals surface area contributed by atoms with Crippen molar-refractivity contribution in [2.75, 3.05) is 20.3 Å². The molecule has 0 aliphatic carbocycles. The number of hydrogen-bond donors (Lipinski definition) is 2. The van der Waals surface area contributed by atoms with Crippen LogP contribution in [0.3, 0.4) is 0 Å². The van der Waals surface area contributed by atoms with Crippen LogP contribution in [-0.2, 0) is 80.6 Å². The second-order valence-electron chi connectivity index (χ2n) is 27.7. The third-order valence-electron chi connectivity index (χ3n) is 22.4. The molecular formula is C61H88O19. The minimum atomic E-state index is -0.910. The maximum Gasteiger partial charge on any atom is 0.308 e. The highest BCUT2D eigenvalue weighted by Crippen LogP contribution is 2.57. The topological polar surface area (TPSA) is 205 Å². The van der Waals surface area contributed by atoms with Crippen LogP contribution < -0.4 is 0 Å². The van der Waals surface area contributed by atoms with Crippen molar-refractivity contribution >= 4 is 5.97 Å². The fraction of sp³-hybridized carbons (Fsp3) is 0.918. The molecule has 0 saturated carbocycles. The molecule has 0 aromatic rings. The van der Waals surface area contributed by atoms with Crippen molar-refractivity contribution in [2.45, 2.75) is 301 Å². The zero-order valence-electron chi connectivity index (χ0n) is 47.4. The Labute approximate surface area is 470 Å². The second-order valence-corrected chi connectivity index (χ2v) is 27.7. The Hall–Kier alpha value is -1.73. The average Bonchev–Trinajstić information content (AvgIpc) is 4.38. The first-order valence-corrected chi connectivity index (χ1v) is 31.2. The Balaban J connectivity index is 0.654.